The van der Waals surface area contributed by atoms with Crippen molar-refractivity contribution in [3.05, 3.63) is 35.8 Å². The molecule has 0 unspecified atom stereocenters. The Morgan fingerprint density at radius 2 is 2.19 bits per heavy atom. The van der Waals surface area contributed by atoms with Crippen molar-refractivity contribution in [1.29, 1.82) is 0 Å². The molecular weight excluding hydrogens is 202 g/mol. The maximum absolute atomic E-state index is 4.11. The van der Waals surface area contributed by atoms with Gasteiger partial charge in [0.05, 0.1) is 11.9 Å². The molecule has 0 aliphatic carbocycles. The summed E-state index contributed by atoms with van der Waals surface area (Å²) in [5.41, 5.74) is 2.15. The predicted octanol–water partition coefficient (Wildman–Crippen LogP) is 1.17. The number of anilines is 1. The highest BCUT2D eigenvalue weighted by Gasteiger charge is 1.97. The smallest absolute Gasteiger partial charge is 0.148 e. The van der Waals surface area contributed by atoms with Crippen LogP contribution >= 0.6 is 0 Å². The molecule has 0 radical (unpaired) electrons. The lowest BCUT2D eigenvalue weighted by atomic mass is 10.2. The van der Waals surface area contributed by atoms with Crippen LogP contribution in [0.5, 0.6) is 0 Å². The topological polar surface area (TPSA) is 55.6 Å². The van der Waals surface area contributed by atoms with E-state index in [1.807, 2.05) is 38.5 Å². The SMILES string of the molecule is Cc1ccc(NCCc2cnn(C)c2)nn1. The van der Waals surface area contributed by atoms with Crippen LogP contribution in [0.3, 0.4) is 0 Å². The van der Waals surface area contributed by atoms with E-state index in [9.17, 15) is 0 Å². The van der Waals surface area contributed by atoms with Crippen molar-refractivity contribution in [3.63, 3.8) is 0 Å². The Kier molecular flexibility index (Phi) is 3.14. The zero-order valence-electron chi connectivity index (χ0n) is 9.51. The highest BCUT2D eigenvalue weighted by molar-refractivity contribution is 5.32. The van der Waals surface area contributed by atoms with Crippen molar-refractivity contribution < 1.29 is 0 Å². The predicted molar refractivity (Wildman–Crippen MR) is 62.2 cm³/mol. The first-order chi connectivity index (χ1) is 7.74. The number of nitrogens with zero attached hydrogens (tertiary/aromatic N) is 4. The lowest BCUT2D eigenvalue weighted by Gasteiger charge is -2.03. The Morgan fingerprint density at radius 1 is 1.31 bits per heavy atom. The van der Waals surface area contributed by atoms with Gasteiger partial charge in [0.1, 0.15) is 5.82 Å². The molecule has 0 amide bonds. The van der Waals surface area contributed by atoms with Crippen LogP contribution in [0, 0.1) is 6.92 Å². The van der Waals surface area contributed by atoms with Gasteiger partial charge in [0.15, 0.2) is 0 Å². The quantitative estimate of drug-likeness (QED) is 0.835. The van der Waals surface area contributed by atoms with Crippen LogP contribution in [0.2, 0.25) is 0 Å². The third-order valence-electron chi connectivity index (χ3n) is 2.28. The van der Waals surface area contributed by atoms with E-state index in [0.717, 1.165) is 24.5 Å². The number of hydrogen-bond acceptors (Lipinski definition) is 4. The Bertz CT molecular complexity index is 446. The third-order valence-corrected chi connectivity index (χ3v) is 2.28. The average molecular weight is 217 g/mol. The van der Waals surface area contributed by atoms with Gasteiger partial charge in [-0.3, -0.25) is 4.68 Å². The lowest BCUT2D eigenvalue weighted by Crippen LogP contribution is -2.06. The summed E-state index contributed by atoms with van der Waals surface area (Å²) in [5, 5.41) is 15.3. The molecule has 0 saturated carbocycles. The van der Waals surface area contributed by atoms with Crippen LogP contribution in [0.1, 0.15) is 11.3 Å². The number of rotatable bonds is 4. The molecule has 0 atom stereocenters. The number of hydrogen-bond donors (Lipinski definition) is 1. The zero-order chi connectivity index (χ0) is 11.4. The van der Waals surface area contributed by atoms with Gasteiger partial charge in [0.2, 0.25) is 0 Å². The maximum atomic E-state index is 4.11. The number of nitrogens with one attached hydrogen (secondary N) is 1. The fourth-order valence-corrected chi connectivity index (χ4v) is 1.43. The summed E-state index contributed by atoms with van der Waals surface area (Å²) in [6, 6.07) is 3.88. The molecule has 5 nitrogen and oxygen atoms in total. The molecule has 0 aliphatic heterocycles. The van der Waals surface area contributed by atoms with Crippen LogP contribution in [0.15, 0.2) is 24.5 Å². The second kappa shape index (κ2) is 4.74. The minimum absolute atomic E-state index is 0.814. The summed E-state index contributed by atoms with van der Waals surface area (Å²) in [6.07, 6.45) is 4.83. The number of aryl methyl sites for hydroxylation is 2. The largest absolute Gasteiger partial charge is 0.368 e. The van der Waals surface area contributed by atoms with E-state index in [-0.39, 0.29) is 0 Å². The van der Waals surface area contributed by atoms with E-state index >= 15 is 0 Å². The lowest BCUT2D eigenvalue weighted by molar-refractivity contribution is 0.766. The summed E-state index contributed by atoms with van der Waals surface area (Å²) in [7, 11) is 1.92. The first-order valence-electron chi connectivity index (χ1n) is 5.26. The van der Waals surface area contributed by atoms with Crippen molar-refractivity contribution >= 4 is 5.82 Å². The normalized spacial score (nSPS) is 10.4. The minimum atomic E-state index is 0.814. The average Bonchev–Trinajstić information content (AvgIpc) is 2.67. The molecule has 0 aliphatic rings. The zero-order valence-corrected chi connectivity index (χ0v) is 9.51. The highest BCUT2D eigenvalue weighted by Crippen LogP contribution is 2.02. The first-order valence-corrected chi connectivity index (χ1v) is 5.26. The summed E-state index contributed by atoms with van der Waals surface area (Å²) < 4.78 is 1.81. The van der Waals surface area contributed by atoms with Gasteiger partial charge < -0.3 is 5.32 Å². The van der Waals surface area contributed by atoms with E-state index in [0.29, 0.717) is 0 Å². The van der Waals surface area contributed by atoms with Crippen LogP contribution in [0.4, 0.5) is 5.82 Å². The van der Waals surface area contributed by atoms with Crippen molar-refractivity contribution in [3.8, 4) is 0 Å². The van der Waals surface area contributed by atoms with Gasteiger partial charge >= 0.3 is 0 Å². The standard InChI is InChI=1S/C11H15N5/c1-9-3-4-11(15-14-9)12-6-5-10-7-13-16(2)8-10/h3-4,7-8H,5-6H2,1-2H3,(H,12,15). The molecule has 2 aromatic rings. The molecule has 1 N–H and O–H groups in total. The number of aromatic nitrogens is 4. The van der Waals surface area contributed by atoms with Crippen molar-refractivity contribution in [2.24, 2.45) is 7.05 Å². The molecule has 2 aromatic heterocycles. The van der Waals surface area contributed by atoms with Gasteiger partial charge in [-0.05, 0) is 31.0 Å². The summed E-state index contributed by atoms with van der Waals surface area (Å²) >= 11 is 0. The van der Waals surface area contributed by atoms with Crippen LogP contribution < -0.4 is 5.32 Å². The fourth-order valence-electron chi connectivity index (χ4n) is 1.43. The molecule has 0 fully saturated rings. The minimum Gasteiger partial charge on any atom is -0.368 e. The van der Waals surface area contributed by atoms with E-state index < -0.39 is 0 Å². The molecule has 0 aromatic carbocycles. The second-order valence-corrected chi connectivity index (χ2v) is 3.76. The van der Waals surface area contributed by atoms with Gasteiger partial charge in [0, 0.05) is 19.8 Å². The van der Waals surface area contributed by atoms with Crippen LogP contribution in [0.25, 0.3) is 0 Å². The van der Waals surface area contributed by atoms with Crippen molar-refractivity contribution in [2.75, 3.05) is 11.9 Å². The van der Waals surface area contributed by atoms with Crippen LogP contribution in [-0.4, -0.2) is 26.5 Å². The molecular formula is C11H15N5. The Balaban J connectivity index is 1.82. The first kappa shape index (κ1) is 10.6. The Labute approximate surface area is 94.5 Å². The summed E-state index contributed by atoms with van der Waals surface area (Å²) in [5.74, 6) is 0.814. The Hall–Kier alpha value is -1.91. The van der Waals surface area contributed by atoms with Crippen LogP contribution in [-0.2, 0) is 13.5 Å². The van der Waals surface area contributed by atoms with E-state index in [1.165, 1.54) is 5.56 Å². The third kappa shape index (κ3) is 2.79. The fraction of sp³-hybridized carbons (Fsp3) is 0.364. The van der Waals surface area contributed by atoms with Gasteiger partial charge in [0.25, 0.3) is 0 Å². The van der Waals surface area contributed by atoms with Gasteiger partial charge in [-0.1, -0.05) is 0 Å². The maximum Gasteiger partial charge on any atom is 0.148 e. The van der Waals surface area contributed by atoms with Gasteiger partial charge in [-0.2, -0.15) is 10.2 Å². The molecule has 0 bridgehead atoms. The molecule has 2 heterocycles. The monoisotopic (exact) mass is 217 g/mol. The molecule has 84 valence electrons. The molecule has 16 heavy (non-hydrogen) atoms. The van der Waals surface area contributed by atoms with Crippen molar-refractivity contribution in [1.82, 2.24) is 20.0 Å². The molecule has 0 spiro atoms. The van der Waals surface area contributed by atoms with Crippen molar-refractivity contribution in [2.45, 2.75) is 13.3 Å². The van der Waals surface area contributed by atoms with Gasteiger partial charge in [-0.15, -0.1) is 5.10 Å². The molecule has 5 heteroatoms. The van der Waals surface area contributed by atoms with E-state index in [2.05, 4.69) is 20.6 Å². The second-order valence-electron chi connectivity index (χ2n) is 3.76. The Morgan fingerprint density at radius 3 is 2.81 bits per heavy atom. The summed E-state index contributed by atoms with van der Waals surface area (Å²) in [4.78, 5) is 0. The molecule has 0 saturated heterocycles. The summed E-state index contributed by atoms with van der Waals surface area (Å²) in [6.45, 7) is 2.76. The van der Waals surface area contributed by atoms with E-state index in [4.69, 9.17) is 0 Å². The van der Waals surface area contributed by atoms with E-state index in [1.54, 1.807) is 4.68 Å². The highest BCUT2D eigenvalue weighted by atomic mass is 15.2. The molecule has 2 rings (SSSR count). The van der Waals surface area contributed by atoms with Gasteiger partial charge in [-0.25, -0.2) is 0 Å².